The third-order valence-electron chi connectivity index (χ3n) is 3.46. The standard InChI is InChI=1S/C16H15NO4/c1-17-9-11-7-12(18)4-6-14(11)21-15-8-10(16(19)20-2)3-5-13(15)17/h3-8,18H,9H2,1-2H3. The van der Waals surface area contributed by atoms with Crippen molar-refractivity contribution in [3.8, 4) is 17.2 Å². The molecule has 1 aliphatic heterocycles. The molecule has 3 rings (SSSR count). The van der Waals surface area contributed by atoms with Gasteiger partial charge in [-0.2, -0.15) is 0 Å². The first-order chi connectivity index (χ1) is 10.1. The Morgan fingerprint density at radius 1 is 1.24 bits per heavy atom. The number of fused-ring (bicyclic) bond motifs is 2. The minimum atomic E-state index is -0.403. The predicted molar refractivity (Wildman–Crippen MR) is 78.1 cm³/mol. The molecule has 2 aromatic rings. The van der Waals surface area contributed by atoms with Crippen LogP contribution in [0.1, 0.15) is 15.9 Å². The summed E-state index contributed by atoms with van der Waals surface area (Å²) in [5.41, 5.74) is 2.19. The van der Waals surface area contributed by atoms with Crippen LogP contribution >= 0.6 is 0 Å². The van der Waals surface area contributed by atoms with Gasteiger partial charge in [0.2, 0.25) is 0 Å². The Hall–Kier alpha value is -2.69. The highest BCUT2D eigenvalue weighted by Crippen LogP contribution is 2.39. The third kappa shape index (κ3) is 2.38. The maximum Gasteiger partial charge on any atom is 0.337 e. The van der Waals surface area contributed by atoms with Crippen LogP contribution < -0.4 is 9.64 Å². The maximum absolute atomic E-state index is 11.6. The summed E-state index contributed by atoms with van der Waals surface area (Å²) in [7, 11) is 3.28. The number of methoxy groups -OCH3 is 1. The number of carbonyl (C=O) groups is 1. The zero-order valence-electron chi connectivity index (χ0n) is 11.8. The van der Waals surface area contributed by atoms with E-state index in [1.54, 1.807) is 30.3 Å². The van der Waals surface area contributed by atoms with Gasteiger partial charge in [-0.1, -0.05) is 0 Å². The van der Waals surface area contributed by atoms with E-state index in [0.29, 0.717) is 23.6 Å². The van der Waals surface area contributed by atoms with Crippen LogP contribution in [0.3, 0.4) is 0 Å². The summed E-state index contributed by atoms with van der Waals surface area (Å²) >= 11 is 0. The molecule has 0 aromatic heterocycles. The van der Waals surface area contributed by atoms with Crippen LogP contribution in [0.2, 0.25) is 0 Å². The highest BCUT2D eigenvalue weighted by Gasteiger charge is 2.20. The number of anilines is 1. The second kappa shape index (κ2) is 5.01. The summed E-state index contributed by atoms with van der Waals surface area (Å²) in [4.78, 5) is 13.6. The normalized spacial score (nSPS) is 12.8. The van der Waals surface area contributed by atoms with Crippen molar-refractivity contribution in [2.45, 2.75) is 6.54 Å². The molecular weight excluding hydrogens is 270 g/mol. The monoisotopic (exact) mass is 285 g/mol. The summed E-state index contributed by atoms with van der Waals surface area (Å²) in [5.74, 6) is 1.05. The Balaban J connectivity index is 2.08. The lowest BCUT2D eigenvalue weighted by Gasteiger charge is -2.18. The van der Waals surface area contributed by atoms with E-state index in [-0.39, 0.29) is 5.75 Å². The summed E-state index contributed by atoms with van der Waals surface area (Å²) in [5, 5.41) is 9.60. The van der Waals surface area contributed by atoms with Gasteiger partial charge in [-0.3, -0.25) is 0 Å². The molecule has 5 heteroatoms. The lowest BCUT2D eigenvalue weighted by atomic mass is 10.1. The summed E-state index contributed by atoms with van der Waals surface area (Å²) in [6, 6.07) is 10.2. The molecule has 1 aliphatic rings. The van der Waals surface area contributed by atoms with Crippen molar-refractivity contribution in [3.05, 3.63) is 47.5 Å². The highest BCUT2D eigenvalue weighted by molar-refractivity contribution is 5.91. The van der Waals surface area contributed by atoms with E-state index >= 15 is 0 Å². The Bertz CT molecular complexity index is 711. The highest BCUT2D eigenvalue weighted by atomic mass is 16.5. The second-order valence-electron chi connectivity index (χ2n) is 4.92. The summed E-state index contributed by atoms with van der Waals surface area (Å²) in [6.45, 7) is 0.605. The van der Waals surface area contributed by atoms with E-state index in [9.17, 15) is 9.90 Å². The fourth-order valence-corrected chi connectivity index (χ4v) is 2.40. The fraction of sp³-hybridized carbons (Fsp3) is 0.188. The molecule has 0 unspecified atom stereocenters. The van der Waals surface area contributed by atoms with Crippen LogP contribution in [0.5, 0.6) is 17.2 Å². The number of rotatable bonds is 1. The van der Waals surface area contributed by atoms with Crippen LogP contribution in [0, 0.1) is 0 Å². The summed E-state index contributed by atoms with van der Waals surface area (Å²) in [6.07, 6.45) is 0. The first-order valence-electron chi connectivity index (χ1n) is 6.52. The van der Waals surface area contributed by atoms with Crippen molar-refractivity contribution < 1.29 is 19.4 Å². The number of hydrogen-bond acceptors (Lipinski definition) is 5. The molecule has 1 N–H and O–H groups in total. The van der Waals surface area contributed by atoms with Gasteiger partial charge >= 0.3 is 5.97 Å². The van der Waals surface area contributed by atoms with Gasteiger partial charge in [0.25, 0.3) is 0 Å². The predicted octanol–water partition coefficient (Wildman–Crippen LogP) is 2.92. The fourth-order valence-electron chi connectivity index (χ4n) is 2.40. The molecule has 0 saturated heterocycles. The molecule has 0 atom stereocenters. The van der Waals surface area contributed by atoms with Crippen LogP contribution in [0.25, 0.3) is 0 Å². The lowest BCUT2D eigenvalue weighted by Crippen LogP contribution is -2.15. The van der Waals surface area contributed by atoms with Gasteiger partial charge in [0, 0.05) is 19.2 Å². The summed E-state index contributed by atoms with van der Waals surface area (Å²) < 4.78 is 10.6. The zero-order valence-corrected chi connectivity index (χ0v) is 11.8. The minimum Gasteiger partial charge on any atom is -0.508 e. The van der Waals surface area contributed by atoms with Crippen molar-refractivity contribution in [1.82, 2.24) is 0 Å². The molecule has 0 spiro atoms. The van der Waals surface area contributed by atoms with E-state index in [2.05, 4.69) is 0 Å². The van der Waals surface area contributed by atoms with E-state index in [1.165, 1.54) is 7.11 Å². The average Bonchev–Trinajstić information content (AvgIpc) is 2.61. The van der Waals surface area contributed by atoms with Gasteiger partial charge in [0.15, 0.2) is 5.75 Å². The van der Waals surface area contributed by atoms with E-state index in [1.807, 2.05) is 18.0 Å². The average molecular weight is 285 g/mol. The molecular formula is C16H15NO4. The second-order valence-corrected chi connectivity index (χ2v) is 4.92. The molecule has 0 fully saturated rings. The quantitative estimate of drug-likeness (QED) is 0.816. The van der Waals surface area contributed by atoms with E-state index in [4.69, 9.17) is 9.47 Å². The van der Waals surface area contributed by atoms with E-state index in [0.717, 1.165) is 11.3 Å². The molecule has 1 heterocycles. The molecule has 21 heavy (non-hydrogen) atoms. The molecule has 0 amide bonds. The van der Waals surface area contributed by atoms with Crippen molar-refractivity contribution in [2.24, 2.45) is 0 Å². The van der Waals surface area contributed by atoms with E-state index < -0.39 is 5.97 Å². The third-order valence-corrected chi connectivity index (χ3v) is 3.46. The number of aromatic hydroxyl groups is 1. The molecule has 5 nitrogen and oxygen atoms in total. The van der Waals surface area contributed by atoms with Crippen LogP contribution in [-0.2, 0) is 11.3 Å². The number of phenols is 1. The smallest absolute Gasteiger partial charge is 0.337 e. The molecule has 108 valence electrons. The Kier molecular flexibility index (Phi) is 3.17. The van der Waals surface area contributed by atoms with Gasteiger partial charge in [-0.25, -0.2) is 4.79 Å². The Morgan fingerprint density at radius 3 is 2.81 bits per heavy atom. The minimum absolute atomic E-state index is 0.201. The number of nitrogens with zero attached hydrogens (tertiary/aromatic N) is 1. The Morgan fingerprint density at radius 2 is 2.05 bits per heavy atom. The van der Waals surface area contributed by atoms with Crippen LogP contribution in [0.15, 0.2) is 36.4 Å². The Labute approximate surface area is 122 Å². The van der Waals surface area contributed by atoms with Crippen LogP contribution in [0.4, 0.5) is 5.69 Å². The number of esters is 1. The number of ether oxygens (including phenoxy) is 2. The maximum atomic E-state index is 11.6. The number of benzene rings is 2. The van der Waals surface area contributed by atoms with Gasteiger partial charge < -0.3 is 19.5 Å². The molecule has 0 saturated carbocycles. The van der Waals surface area contributed by atoms with Gasteiger partial charge in [0.05, 0.1) is 18.4 Å². The number of carbonyl (C=O) groups excluding carboxylic acids is 1. The molecule has 2 aromatic carbocycles. The van der Waals surface area contributed by atoms with Crippen molar-refractivity contribution in [1.29, 1.82) is 0 Å². The molecule has 0 bridgehead atoms. The number of phenolic OH excluding ortho intramolecular Hbond substituents is 1. The zero-order chi connectivity index (χ0) is 15.0. The molecule has 0 radical (unpaired) electrons. The van der Waals surface area contributed by atoms with Crippen molar-refractivity contribution in [2.75, 3.05) is 19.1 Å². The first-order valence-corrected chi connectivity index (χ1v) is 6.52. The van der Waals surface area contributed by atoms with Crippen molar-refractivity contribution >= 4 is 11.7 Å². The topological polar surface area (TPSA) is 59.0 Å². The van der Waals surface area contributed by atoms with Crippen molar-refractivity contribution in [3.63, 3.8) is 0 Å². The first kappa shape index (κ1) is 13.3. The largest absolute Gasteiger partial charge is 0.508 e. The molecule has 0 aliphatic carbocycles. The SMILES string of the molecule is COC(=O)c1ccc2c(c1)Oc1ccc(O)cc1CN2C. The lowest BCUT2D eigenvalue weighted by molar-refractivity contribution is 0.0600. The van der Waals surface area contributed by atoms with Gasteiger partial charge in [-0.05, 0) is 36.4 Å². The van der Waals surface area contributed by atoms with Gasteiger partial charge in [-0.15, -0.1) is 0 Å². The van der Waals surface area contributed by atoms with Crippen LogP contribution in [-0.4, -0.2) is 25.2 Å². The van der Waals surface area contributed by atoms with Gasteiger partial charge in [0.1, 0.15) is 11.5 Å². The number of hydrogen-bond donors (Lipinski definition) is 1.